The number of ether oxygens (including phenoxy) is 1. The van der Waals surface area contributed by atoms with E-state index in [1.54, 1.807) is 11.8 Å². The fraction of sp³-hybridized carbons (Fsp3) is 0.333. The highest BCUT2D eigenvalue weighted by molar-refractivity contribution is 7.98. The number of benzene rings is 1. The third kappa shape index (κ3) is 2.58. The van der Waals surface area contributed by atoms with Gasteiger partial charge in [-0.1, -0.05) is 12.1 Å². The first-order valence-electron chi connectivity index (χ1n) is 6.34. The van der Waals surface area contributed by atoms with Gasteiger partial charge in [0, 0.05) is 16.5 Å². The van der Waals surface area contributed by atoms with E-state index in [-0.39, 0.29) is 5.97 Å². The van der Waals surface area contributed by atoms with Gasteiger partial charge in [-0.25, -0.2) is 4.79 Å². The average molecular weight is 291 g/mol. The molecule has 1 aromatic carbocycles. The Morgan fingerprint density at radius 2 is 2.20 bits per heavy atom. The van der Waals surface area contributed by atoms with Gasteiger partial charge in [-0.2, -0.15) is 0 Å². The van der Waals surface area contributed by atoms with Crippen LogP contribution in [0, 0.1) is 6.92 Å². The summed E-state index contributed by atoms with van der Waals surface area (Å²) in [5, 5.41) is 3.94. The first-order chi connectivity index (χ1) is 9.62. The second-order valence-electron chi connectivity index (χ2n) is 4.35. The molecule has 1 heterocycles. The van der Waals surface area contributed by atoms with Crippen LogP contribution in [0.25, 0.3) is 11.3 Å². The number of hydrogen-bond acceptors (Lipinski definition) is 5. The molecule has 0 saturated carbocycles. The lowest BCUT2D eigenvalue weighted by atomic mass is 9.97. The van der Waals surface area contributed by atoms with Gasteiger partial charge < -0.3 is 9.26 Å². The third-order valence-electron chi connectivity index (χ3n) is 3.13. The van der Waals surface area contributed by atoms with Crippen LogP contribution in [0.3, 0.4) is 0 Å². The molecule has 0 aliphatic heterocycles. The van der Waals surface area contributed by atoms with Crippen LogP contribution in [0.2, 0.25) is 0 Å². The highest BCUT2D eigenvalue weighted by Crippen LogP contribution is 2.36. The largest absolute Gasteiger partial charge is 0.465 e. The quantitative estimate of drug-likeness (QED) is 0.634. The van der Waals surface area contributed by atoms with Crippen LogP contribution in [0.15, 0.2) is 27.6 Å². The summed E-state index contributed by atoms with van der Waals surface area (Å²) in [6, 6.07) is 5.61. The fourth-order valence-electron chi connectivity index (χ4n) is 2.22. The Balaban J connectivity index is 2.71. The van der Waals surface area contributed by atoms with Gasteiger partial charge in [0.2, 0.25) is 0 Å². The second-order valence-corrected chi connectivity index (χ2v) is 5.19. The van der Waals surface area contributed by atoms with E-state index < -0.39 is 0 Å². The number of carbonyl (C=O) groups excluding carboxylic acids is 1. The van der Waals surface area contributed by atoms with Crippen LogP contribution < -0.4 is 0 Å². The van der Waals surface area contributed by atoms with E-state index in [4.69, 9.17) is 9.26 Å². The zero-order chi connectivity index (χ0) is 14.7. The summed E-state index contributed by atoms with van der Waals surface area (Å²) in [6.07, 6.45) is 2.72. The van der Waals surface area contributed by atoms with E-state index in [0.717, 1.165) is 21.7 Å². The number of nitrogens with zero attached hydrogens (tertiary/aromatic N) is 1. The topological polar surface area (TPSA) is 52.3 Å². The minimum absolute atomic E-state index is 0.327. The van der Waals surface area contributed by atoms with Crippen molar-refractivity contribution in [3.63, 3.8) is 0 Å². The first kappa shape index (κ1) is 14.7. The van der Waals surface area contributed by atoms with Crippen LogP contribution in [-0.4, -0.2) is 24.5 Å². The molecule has 4 nitrogen and oxygen atoms in total. The molecule has 0 aliphatic rings. The summed E-state index contributed by atoms with van der Waals surface area (Å²) in [7, 11) is 1.39. The van der Waals surface area contributed by atoms with Gasteiger partial charge in [-0.05, 0) is 37.3 Å². The van der Waals surface area contributed by atoms with Crippen molar-refractivity contribution in [2.45, 2.75) is 25.2 Å². The second kappa shape index (κ2) is 6.13. The van der Waals surface area contributed by atoms with Gasteiger partial charge in [0.05, 0.1) is 18.4 Å². The maximum atomic E-state index is 11.9. The third-order valence-corrected chi connectivity index (χ3v) is 3.91. The monoisotopic (exact) mass is 291 g/mol. The van der Waals surface area contributed by atoms with Gasteiger partial charge in [0.1, 0.15) is 0 Å². The SMILES string of the molecule is CCc1c(C(=O)OC)ccc(SC)c1-c1cc(C)no1. The summed E-state index contributed by atoms with van der Waals surface area (Å²) < 4.78 is 10.2. The number of hydrogen-bond donors (Lipinski definition) is 0. The molecule has 0 unspecified atom stereocenters. The molecule has 0 N–H and O–H groups in total. The van der Waals surface area contributed by atoms with Gasteiger partial charge in [-0.3, -0.25) is 0 Å². The number of methoxy groups -OCH3 is 1. The standard InChI is InChI=1S/C15H17NO3S/c1-5-10-11(15(17)18-3)6-7-13(20-4)14(10)12-8-9(2)16-19-12/h6-8H,5H2,1-4H3. The lowest BCUT2D eigenvalue weighted by Gasteiger charge is -2.13. The smallest absolute Gasteiger partial charge is 0.338 e. The minimum atomic E-state index is -0.327. The van der Waals surface area contributed by atoms with Crippen molar-refractivity contribution < 1.29 is 14.1 Å². The molecule has 0 atom stereocenters. The van der Waals surface area contributed by atoms with Crippen LogP contribution in [0.5, 0.6) is 0 Å². The summed E-state index contributed by atoms with van der Waals surface area (Å²) >= 11 is 1.62. The number of esters is 1. The maximum Gasteiger partial charge on any atom is 0.338 e. The molecule has 106 valence electrons. The molecular weight excluding hydrogens is 274 g/mol. The van der Waals surface area contributed by atoms with Crippen molar-refractivity contribution in [2.75, 3.05) is 13.4 Å². The van der Waals surface area contributed by atoms with Crippen molar-refractivity contribution in [3.05, 3.63) is 35.0 Å². The van der Waals surface area contributed by atoms with Crippen LogP contribution in [0.1, 0.15) is 28.5 Å². The molecule has 0 aliphatic carbocycles. The van der Waals surface area contributed by atoms with Crippen molar-refractivity contribution in [3.8, 4) is 11.3 Å². The molecule has 20 heavy (non-hydrogen) atoms. The molecule has 2 rings (SSSR count). The van der Waals surface area contributed by atoms with E-state index in [1.807, 2.05) is 38.3 Å². The number of thioether (sulfide) groups is 1. The summed E-state index contributed by atoms with van der Waals surface area (Å²) in [5.74, 6) is 0.362. The Morgan fingerprint density at radius 3 is 2.70 bits per heavy atom. The van der Waals surface area contributed by atoms with Crippen LogP contribution >= 0.6 is 11.8 Å². The lowest BCUT2D eigenvalue weighted by molar-refractivity contribution is 0.0599. The predicted octanol–water partition coefficient (Wildman–Crippen LogP) is 3.72. The zero-order valence-electron chi connectivity index (χ0n) is 12.0. The van der Waals surface area contributed by atoms with E-state index in [0.29, 0.717) is 17.7 Å². The van der Waals surface area contributed by atoms with Crippen molar-refractivity contribution >= 4 is 17.7 Å². The Bertz CT molecular complexity index is 634. The molecule has 0 saturated heterocycles. The summed E-state index contributed by atoms with van der Waals surface area (Å²) in [4.78, 5) is 13.0. The molecule has 2 aromatic rings. The number of aryl methyl sites for hydroxylation is 1. The van der Waals surface area contributed by atoms with Gasteiger partial charge in [0.25, 0.3) is 0 Å². The van der Waals surface area contributed by atoms with E-state index in [2.05, 4.69) is 5.16 Å². The van der Waals surface area contributed by atoms with E-state index in [9.17, 15) is 4.79 Å². The Morgan fingerprint density at radius 1 is 1.45 bits per heavy atom. The molecule has 5 heteroatoms. The van der Waals surface area contributed by atoms with Crippen LogP contribution in [0.4, 0.5) is 0 Å². The lowest BCUT2D eigenvalue weighted by Crippen LogP contribution is -2.07. The highest BCUT2D eigenvalue weighted by atomic mass is 32.2. The average Bonchev–Trinajstić information content (AvgIpc) is 2.90. The molecule has 0 bridgehead atoms. The number of carbonyl (C=O) groups is 1. The molecule has 0 amide bonds. The Hall–Kier alpha value is -1.75. The maximum absolute atomic E-state index is 11.9. The predicted molar refractivity (Wildman–Crippen MR) is 79.2 cm³/mol. The van der Waals surface area contributed by atoms with Crippen molar-refractivity contribution in [2.24, 2.45) is 0 Å². The Labute approximate surface area is 122 Å². The normalized spacial score (nSPS) is 10.6. The Kier molecular flexibility index (Phi) is 4.49. The van der Waals surface area contributed by atoms with E-state index >= 15 is 0 Å². The summed E-state index contributed by atoms with van der Waals surface area (Å²) in [5.41, 5.74) is 3.26. The molecular formula is C15H17NO3S. The van der Waals surface area contributed by atoms with Gasteiger partial charge in [0.15, 0.2) is 5.76 Å². The fourth-order valence-corrected chi connectivity index (χ4v) is 2.85. The first-order valence-corrected chi connectivity index (χ1v) is 7.56. The number of aromatic nitrogens is 1. The molecule has 1 aromatic heterocycles. The van der Waals surface area contributed by atoms with Crippen LogP contribution in [-0.2, 0) is 11.2 Å². The van der Waals surface area contributed by atoms with Gasteiger partial charge >= 0.3 is 5.97 Å². The zero-order valence-corrected chi connectivity index (χ0v) is 12.8. The minimum Gasteiger partial charge on any atom is -0.465 e. The number of rotatable bonds is 4. The molecule has 0 fully saturated rings. The molecule has 0 spiro atoms. The van der Waals surface area contributed by atoms with Crippen molar-refractivity contribution in [1.29, 1.82) is 0 Å². The van der Waals surface area contributed by atoms with Gasteiger partial charge in [-0.15, -0.1) is 11.8 Å². The highest BCUT2D eigenvalue weighted by Gasteiger charge is 2.20. The van der Waals surface area contributed by atoms with E-state index in [1.165, 1.54) is 7.11 Å². The summed E-state index contributed by atoms with van der Waals surface area (Å²) in [6.45, 7) is 3.89. The molecule has 0 radical (unpaired) electrons. The van der Waals surface area contributed by atoms with Crippen molar-refractivity contribution in [1.82, 2.24) is 5.16 Å².